The van der Waals surface area contributed by atoms with Crippen LogP contribution in [0.25, 0.3) is 0 Å². The summed E-state index contributed by atoms with van der Waals surface area (Å²) >= 11 is 7.24. The summed E-state index contributed by atoms with van der Waals surface area (Å²) in [7, 11) is 1.47. The first-order valence-electron chi connectivity index (χ1n) is 7.12. The van der Waals surface area contributed by atoms with Crippen molar-refractivity contribution >= 4 is 35.5 Å². The highest BCUT2D eigenvalue weighted by Crippen LogP contribution is 2.28. The van der Waals surface area contributed by atoms with E-state index in [0.29, 0.717) is 16.3 Å². The molecule has 0 saturated heterocycles. The Balaban J connectivity index is 1.93. The lowest BCUT2D eigenvalue weighted by Gasteiger charge is -2.09. The minimum absolute atomic E-state index is 0.0263. The number of benzene rings is 2. The van der Waals surface area contributed by atoms with Crippen molar-refractivity contribution in [1.82, 2.24) is 5.43 Å². The molecule has 0 spiro atoms. The van der Waals surface area contributed by atoms with Crippen molar-refractivity contribution in [2.45, 2.75) is 17.1 Å². The normalized spacial score (nSPS) is 12.1. The number of thioether (sulfide) groups is 1. The molecule has 2 N–H and O–H groups in total. The summed E-state index contributed by atoms with van der Waals surface area (Å²) in [5.41, 5.74) is 2.91. The topological polar surface area (TPSA) is 70.9 Å². The quantitative estimate of drug-likeness (QED) is 0.466. The van der Waals surface area contributed by atoms with E-state index in [1.54, 1.807) is 37.3 Å². The SMILES string of the molecule is COc1cccc(/C=N\NC(=O)[C@H](C)Sc2ccc(Cl)cc2)c1O. The zero-order chi connectivity index (χ0) is 17.5. The Hall–Kier alpha value is -2.18. The van der Waals surface area contributed by atoms with Gasteiger partial charge in [-0.3, -0.25) is 4.79 Å². The highest BCUT2D eigenvalue weighted by atomic mass is 35.5. The van der Waals surface area contributed by atoms with Gasteiger partial charge >= 0.3 is 0 Å². The Morgan fingerprint density at radius 2 is 2.04 bits per heavy atom. The van der Waals surface area contributed by atoms with Crippen molar-refractivity contribution in [3.8, 4) is 11.5 Å². The highest BCUT2D eigenvalue weighted by Gasteiger charge is 2.13. The van der Waals surface area contributed by atoms with Gasteiger partial charge in [0.15, 0.2) is 11.5 Å². The van der Waals surface area contributed by atoms with Crippen LogP contribution >= 0.6 is 23.4 Å². The number of carbonyl (C=O) groups excluding carboxylic acids is 1. The van der Waals surface area contributed by atoms with Crippen LogP contribution in [0.5, 0.6) is 11.5 Å². The maximum Gasteiger partial charge on any atom is 0.253 e. The summed E-state index contributed by atoms with van der Waals surface area (Å²) in [5, 5.41) is 14.1. The van der Waals surface area contributed by atoms with Gasteiger partial charge in [-0.05, 0) is 43.3 Å². The molecule has 0 unspecified atom stereocenters. The highest BCUT2D eigenvalue weighted by molar-refractivity contribution is 8.00. The van der Waals surface area contributed by atoms with E-state index in [-0.39, 0.29) is 16.9 Å². The van der Waals surface area contributed by atoms with Crippen molar-refractivity contribution in [2.24, 2.45) is 5.10 Å². The average molecular weight is 365 g/mol. The fourth-order valence-corrected chi connectivity index (χ4v) is 2.82. The van der Waals surface area contributed by atoms with E-state index in [1.807, 2.05) is 12.1 Å². The average Bonchev–Trinajstić information content (AvgIpc) is 2.58. The Labute approximate surface area is 149 Å². The number of nitrogens with zero attached hydrogens (tertiary/aromatic N) is 1. The van der Waals surface area contributed by atoms with Gasteiger partial charge in [0.05, 0.1) is 18.6 Å². The van der Waals surface area contributed by atoms with Crippen LogP contribution in [0, 0.1) is 0 Å². The Morgan fingerprint density at radius 1 is 1.33 bits per heavy atom. The zero-order valence-electron chi connectivity index (χ0n) is 13.2. The predicted molar refractivity (Wildman–Crippen MR) is 97.2 cm³/mol. The van der Waals surface area contributed by atoms with Gasteiger partial charge in [0.1, 0.15) is 0 Å². The van der Waals surface area contributed by atoms with Gasteiger partial charge in [-0.25, -0.2) is 5.43 Å². The maximum absolute atomic E-state index is 12.1. The van der Waals surface area contributed by atoms with E-state index >= 15 is 0 Å². The number of hydrazone groups is 1. The molecule has 0 aromatic heterocycles. The number of nitrogens with one attached hydrogen (secondary N) is 1. The number of methoxy groups -OCH3 is 1. The number of para-hydroxylation sites is 1. The van der Waals surface area contributed by atoms with E-state index in [9.17, 15) is 9.90 Å². The summed E-state index contributed by atoms with van der Waals surface area (Å²) < 4.78 is 5.01. The molecule has 2 rings (SSSR count). The van der Waals surface area contributed by atoms with Crippen LogP contribution in [-0.2, 0) is 4.79 Å². The first-order chi connectivity index (χ1) is 11.5. The molecule has 2 aromatic rings. The van der Waals surface area contributed by atoms with E-state index < -0.39 is 0 Å². The third-order valence-corrected chi connectivity index (χ3v) is 4.49. The number of rotatable bonds is 6. The fourth-order valence-electron chi connectivity index (χ4n) is 1.84. The molecule has 7 heteroatoms. The molecule has 126 valence electrons. The van der Waals surface area contributed by atoms with Gasteiger partial charge in [-0.15, -0.1) is 11.8 Å². The van der Waals surface area contributed by atoms with E-state index in [4.69, 9.17) is 16.3 Å². The number of phenols is 1. The maximum atomic E-state index is 12.1. The van der Waals surface area contributed by atoms with Crippen LogP contribution in [0.2, 0.25) is 5.02 Å². The Morgan fingerprint density at radius 3 is 2.71 bits per heavy atom. The van der Waals surface area contributed by atoms with Crippen molar-refractivity contribution < 1.29 is 14.6 Å². The van der Waals surface area contributed by atoms with Crippen LogP contribution in [0.15, 0.2) is 52.5 Å². The monoisotopic (exact) mass is 364 g/mol. The first-order valence-corrected chi connectivity index (χ1v) is 8.38. The van der Waals surface area contributed by atoms with Gasteiger partial charge < -0.3 is 9.84 Å². The molecule has 2 aromatic carbocycles. The number of amides is 1. The molecule has 0 aliphatic heterocycles. The molecule has 0 aliphatic rings. The minimum atomic E-state index is -0.331. The number of ether oxygens (including phenoxy) is 1. The molecule has 5 nitrogen and oxygen atoms in total. The molecule has 0 aliphatic carbocycles. The third kappa shape index (κ3) is 4.91. The van der Waals surface area contributed by atoms with E-state index in [1.165, 1.54) is 25.1 Å². The lowest BCUT2D eigenvalue weighted by molar-refractivity contribution is -0.120. The summed E-state index contributed by atoms with van der Waals surface area (Å²) in [6.45, 7) is 1.78. The molecule has 0 fully saturated rings. The van der Waals surface area contributed by atoms with Gasteiger partial charge in [-0.1, -0.05) is 17.7 Å². The number of aromatic hydroxyl groups is 1. The molecule has 0 radical (unpaired) electrons. The second-order valence-corrected chi connectivity index (χ2v) is 6.70. The number of hydrogen-bond acceptors (Lipinski definition) is 5. The number of hydrogen-bond donors (Lipinski definition) is 2. The second-order valence-electron chi connectivity index (χ2n) is 4.85. The van der Waals surface area contributed by atoms with Crippen LogP contribution in [-0.4, -0.2) is 29.6 Å². The van der Waals surface area contributed by atoms with Crippen molar-refractivity contribution in [3.63, 3.8) is 0 Å². The predicted octanol–water partition coefficient (Wildman–Crippen LogP) is 3.69. The van der Waals surface area contributed by atoms with Gasteiger partial charge in [0, 0.05) is 15.5 Å². The Bertz CT molecular complexity index is 735. The minimum Gasteiger partial charge on any atom is -0.504 e. The summed E-state index contributed by atoms with van der Waals surface area (Å²) in [4.78, 5) is 13.0. The summed E-state index contributed by atoms with van der Waals surface area (Å²) in [5.74, 6) is 0.0760. The standard InChI is InChI=1S/C17H17ClN2O3S/c1-11(24-14-8-6-13(18)7-9-14)17(22)20-19-10-12-4-3-5-15(23-2)16(12)21/h3-11,21H,1-2H3,(H,20,22)/b19-10-/t11-/m0/s1. The number of phenolic OH excluding ortho intramolecular Hbond substituents is 1. The van der Waals surface area contributed by atoms with Crippen molar-refractivity contribution in [2.75, 3.05) is 7.11 Å². The molecule has 24 heavy (non-hydrogen) atoms. The van der Waals surface area contributed by atoms with Gasteiger partial charge in [0.25, 0.3) is 5.91 Å². The van der Waals surface area contributed by atoms with Gasteiger partial charge in [0.2, 0.25) is 0 Å². The molecule has 1 amide bonds. The van der Waals surface area contributed by atoms with Crippen LogP contribution in [0.1, 0.15) is 12.5 Å². The van der Waals surface area contributed by atoms with Crippen molar-refractivity contribution in [3.05, 3.63) is 53.1 Å². The molecule has 0 saturated carbocycles. The number of halogens is 1. The zero-order valence-corrected chi connectivity index (χ0v) is 14.8. The smallest absolute Gasteiger partial charge is 0.253 e. The van der Waals surface area contributed by atoms with Crippen LogP contribution in [0.3, 0.4) is 0 Å². The summed E-state index contributed by atoms with van der Waals surface area (Å²) in [6, 6.07) is 12.3. The Kier molecular flexibility index (Phi) is 6.52. The molecule has 0 bridgehead atoms. The molecular formula is C17H17ClN2O3S. The molecule has 1 atom stereocenters. The fraction of sp³-hybridized carbons (Fsp3) is 0.176. The second kappa shape index (κ2) is 8.61. The van der Waals surface area contributed by atoms with Gasteiger partial charge in [-0.2, -0.15) is 5.10 Å². The van der Waals surface area contributed by atoms with Crippen molar-refractivity contribution in [1.29, 1.82) is 0 Å². The number of carbonyl (C=O) groups is 1. The molecule has 0 heterocycles. The molecular weight excluding hydrogens is 348 g/mol. The van der Waals surface area contributed by atoms with Crippen LogP contribution < -0.4 is 10.2 Å². The first kappa shape index (κ1) is 18.2. The van der Waals surface area contributed by atoms with E-state index in [2.05, 4.69) is 10.5 Å². The van der Waals surface area contributed by atoms with Crippen LogP contribution in [0.4, 0.5) is 0 Å². The third-order valence-electron chi connectivity index (χ3n) is 3.12. The summed E-state index contributed by atoms with van der Waals surface area (Å²) in [6.07, 6.45) is 1.37. The lowest BCUT2D eigenvalue weighted by atomic mass is 10.2. The largest absolute Gasteiger partial charge is 0.504 e. The van der Waals surface area contributed by atoms with E-state index in [0.717, 1.165) is 4.90 Å². The lowest BCUT2D eigenvalue weighted by Crippen LogP contribution is -2.26.